The highest BCUT2D eigenvalue weighted by atomic mass is 32.1. The number of thiazole rings is 1. The molecule has 2 aromatic heterocycles. The fourth-order valence-electron chi connectivity index (χ4n) is 1.85. The summed E-state index contributed by atoms with van der Waals surface area (Å²) >= 11 is 1.48. The molecule has 6 heteroatoms. The molecule has 0 amide bonds. The Bertz CT molecular complexity index is 741. The van der Waals surface area contributed by atoms with Crippen LogP contribution in [0.2, 0.25) is 0 Å². The molecule has 0 unspecified atom stereocenters. The third-order valence-corrected chi connectivity index (χ3v) is 3.78. The first kappa shape index (κ1) is 11.3. The van der Waals surface area contributed by atoms with Crippen LogP contribution in [0.4, 0.5) is 0 Å². The Morgan fingerprint density at radius 3 is 3.22 bits per heavy atom. The number of benzene rings is 1. The van der Waals surface area contributed by atoms with E-state index in [2.05, 4.69) is 17.1 Å². The van der Waals surface area contributed by atoms with Crippen LogP contribution in [0.15, 0.2) is 23.0 Å². The molecule has 0 aliphatic carbocycles. The van der Waals surface area contributed by atoms with Gasteiger partial charge in [-0.2, -0.15) is 0 Å². The number of hydrogen-bond donors (Lipinski definition) is 1. The molecule has 3 rings (SSSR count). The number of fused-ring (bicyclic) bond motifs is 3. The molecular weight excluding hydrogens is 250 g/mol. The Balaban J connectivity index is 2.02. The van der Waals surface area contributed by atoms with Crippen LogP contribution in [-0.2, 0) is 0 Å². The third-order valence-electron chi connectivity index (χ3n) is 2.78. The van der Waals surface area contributed by atoms with Crippen molar-refractivity contribution in [3.8, 4) is 5.75 Å². The molecule has 0 radical (unpaired) electrons. The van der Waals surface area contributed by atoms with Gasteiger partial charge in [-0.25, -0.2) is 14.3 Å². The maximum absolute atomic E-state index is 11.6. The standard InChI is InChI=1S/C12H13N3O2S/c1-2-3-6-17-8-4-5-9-10(7-8)18-12-14-13-11(16)15(9)12/h4-5,7H,2-3,6H2,1H3,(H,13,16). The van der Waals surface area contributed by atoms with Gasteiger partial charge in [-0.05, 0) is 24.6 Å². The number of aromatic nitrogens is 3. The largest absolute Gasteiger partial charge is 0.494 e. The second-order valence-electron chi connectivity index (χ2n) is 4.08. The van der Waals surface area contributed by atoms with E-state index in [9.17, 15) is 4.79 Å². The number of rotatable bonds is 4. The molecule has 94 valence electrons. The fourth-order valence-corrected chi connectivity index (χ4v) is 2.85. The highest BCUT2D eigenvalue weighted by molar-refractivity contribution is 7.23. The van der Waals surface area contributed by atoms with Crippen molar-refractivity contribution in [2.24, 2.45) is 0 Å². The summed E-state index contributed by atoms with van der Waals surface area (Å²) in [4.78, 5) is 12.3. The molecule has 0 fully saturated rings. The van der Waals surface area contributed by atoms with Gasteiger partial charge in [0.25, 0.3) is 0 Å². The lowest BCUT2D eigenvalue weighted by molar-refractivity contribution is 0.310. The van der Waals surface area contributed by atoms with E-state index in [1.165, 1.54) is 11.3 Å². The van der Waals surface area contributed by atoms with Gasteiger partial charge in [0.05, 0.1) is 16.8 Å². The average molecular weight is 263 g/mol. The van der Waals surface area contributed by atoms with Gasteiger partial charge in [-0.15, -0.1) is 5.10 Å². The molecule has 3 aromatic rings. The smallest absolute Gasteiger partial charge is 0.348 e. The van der Waals surface area contributed by atoms with Crippen LogP contribution in [0.1, 0.15) is 19.8 Å². The second kappa shape index (κ2) is 4.45. The number of aromatic amines is 1. The molecule has 0 bridgehead atoms. The van der Waals surface area contributed by atoms with Gasteiger partial charge in [0.15, 0.2) is 0 Å². The third kappa shape index (κ3) is 1.78. The molecule has 0 spiro atoms. The maximum Gasteiger partial charge on any atom is 0.348 e. The molecule has 2 heterocycles. The predicted octanol–water partition coefficient (Wildman–Crippen LogP) is 2.42. The van der Waals surface area contributed by atoms with Crippen molar-refractivity contribution in [2.45, 2.75) is 19.8 Å². The lowest BCUT2D eigenvalue weighted by atomic mass is 10.3. The van der Waals surface area contributed by atoms with Crippen LogP contribution in [0.25, 0.3) is 15.2 Å². The summed E-state index contributed by atoms with van der Waals surface area (Å²) in [6, 6.07) is 5.75. The van der Waals surface area contributed by atoms with Crippen molar-refractivity contribution in [1.82, 2.24) is 14.6 Å². The Morgan fingerprint density at radius 1 is 1.50 bits per heavy atom. The molecule has 0 atom stereocenters. The summed E-state index contributed by atoms with van der Waals surface area (Å²) in [5, 5.41) is 6.41. The molecule has 1 aromatic carbocycles. The number of ether oxygens (including phenoxy) is 1. The van der Waals surface area contributed by atoms with Crippen molar-refractivity contribution >= 4 is 26.5 Å². The van der Waals surface area contributed by atoms with E-state index in [0.29, 0.717) is 4.96 Å². The van der Waals surface area contributed by atoms with Crippen LogP contribution in [0.5, 0.6) is 5.75 Å². The minimum Gasteiger partial charge on any atom is -0.494 e. The van der Waals surface area contributed by atoms with Gasteiger partial charge in [0.2, 0.25) is 4.96 Å². The zero-order valence-electron chi connectivity index (χ0n) is 9.97. The van der Waals surface area contributed by atoms with Gasteiger partial charge < -0.3 is 4.74 Å². The molecular formula is C12H13N3O2S. The Kier molecular flexibility index (Phi) is 2.79. The van der Waals surface area contributed by atoms with E-state index in [1.807, 2.05) is 18.2 Å². The lowest BCUT2D eigenvalue weighted by Crippen LogP contribution is -2.07. The van der Waals surface area contributed by atoms with Gasteiger partial charge in [-0.3, -0.25) is 0 Å². The van der Waals surface area contributed by atoms with Crippen LogP contribution < -0.4 is 10.4 Å². The van der Waals surface area contributed by atoms with Crippen molar-refractivity contribution in [3.63, 3.8) is 0 Å². The summed E-state index contributed by atoms with van der Waals surface area (Å²) in [5.74, 6) is 0.844. The van der Waals surface area contributed by atoms with Gasteiger partial charge in [0.1, 0.15) is 5.75 Å². The van der Waals surface area contributed by atoms with E-state index in [4.69, 9.17) is 4.74 Å². The van der Waals surface area contributed by atoms with Crippen molar-refractivity contribution in [1.29, 1.82) is 0 Å². The van der Waals surface area contributed by atoms with E-state index in [1.54, 1.807) is 4.40 Å². The fraction of sp³-hybridized carbons (Fsp3) is 0.333. The lowest BCUT2D eigenvalue weighted by Gasteiger charge is -2.04. The normalized spacial score (nSPS) is 11.4. The van der Waals surface area contributed by atoms with Crippen LogP contribution in [-0.4, -0.2) is 21.2 Å². The summed E-state index contributed by atoms with van der Waals surface area (Å²) in [7, 11) is 0. The maximum atomic E-state index is 11.6. The highest BCUT2D eigenvalue weighted by Gasteiger charge is 2.09. The zero-order valence-corrected chi connectivity index (χ0v) is 10.8. The summed E-state index contributed by atoms with van der Waals surface area (Å²) in [6.07, 6.45) is 2.16. The average Bonchev–Trinajstić information content (AvgIpc) is 2.89. The molecule has 5 nitrogen and oxygen atoms in total. The molecule has 0 aliphatic heterocycles. The number of nitrogens with one attached hydrogen (secondary N) is 1. The van der Waals surface area contributed by atoms with Gasteiger partial charge in [0, 0.05) is 0 Å². The van der Waals surface area contributed by atoms with Gasteiger partial charge >= 0.3 is 5.69 Å². The molecule has 0 saturated carbocycles. The topological polar surface area (TPSA) is 59.4 Å². The zero-order chi connectivity index (χ0) is 12.5. The minimum atomic E-state index is -0.198. The number of H-pyrrole nitrogens is 1. The molecule has 18 heavy (non-hydrogen) atoms. The van der Waals surface area contributed by atoms with E-state index < -0.39 is 0 Å². The number of hydrogen-bond acceptors (Lipinski definition) is 4. The predicted molar refractivity (Wildman–Crippen MR) is 71.6 cm³/mol. The van der Waals surface area contributed by atoms with Crippen LogP contribution >= 0.6 is 11.3 Å². The SMILES string of the molecule is CCCCOc1ccc2c(c1)sc1n[nH]c(=O)n12. The van der Waals surface area contributed by atoms with Crippen molar-refractivity contribution in [3.05, 3.63) is 28.7 Å². The second-order valence-corrected chi connectivity index (χ2v) is 5.09. The molecule has 0 aliphatic rings. The summed E-state index contributed by atoms with van der Waals surface area (Å²) in [6.45, 7) is 2.86. The summed E-state index contributed by atoms with van der Waals surface area (Å²) in [5.41, 5.74) is 0.674. The Labute approximate surface area is 107 Å². The number of nitrogens with zero attached hydrogens (tertiary/aromatic N) is 2. The van der Waals surface area contributed by atoms with E-state index in [0.717, 1.165) is 35.4 Å². The Hall–Kier alpha value is -1.82. The first-order valence-electron chi connectivity index (χ1n) is 5.92. The quantitative estimate of drug-likeness (QED) is 0.735. The minimum absolute atomic E-state index is 0.198. The van der Waals surface area contributed by atoms with E-state index >= 15 is 0 Å². The van der Waals surface area contributed by atoms with Crippen LogP contribution in [0, 0.1) is 0 Å². The Morgan fingerprint density at radius 2 is 2.39 bits per heavy atom. The molecule has 1 N–H and O–H groups in total. The first-order chi connectivity index (χ1) is 8.79. The van der Waals surface area contributed by atoms with E-state index in [-0.39, 0.29) is 5.69 Å². The monoisotopic (exact) mass is 263 g/mol. The summed E-state index contributed by atoms with van der Waals surface area (Å²) < 4.78 is 8.24. The van der Waals surface area contributed by atoms with Crippen LogP contribution in [0.3, 0.4) is 0 Å². The molecule has 0 saturated heterocycles. The van der Waals surface area contributed by atoms with Gasteiger partial charge in [-0.1, -0.05) is 24.7 Å². The number of unbranched alkanes of at least 4 members (excludes halogenated alkanes) is 1. The highest BCUT2D eigenvalue weighted by Crippen LogP contribution is 2.27. The van der Waals surface area contributed by atoms with Crippen molar-refractivity contribution < 1.29 is 4.74 Å². The first-order valence-corrected chi connectivity index (χ1v) is 6.73. The van der Waals surface area contributed by atoms with Crippen molar-refractivity contribution in [2.75, 3.05) is 6.61 Å².